The van der Waals surface area contributed by atoms with E-state index in [1.54, 1.807) is 19.1 Å². The lowest BCUT2D eigenvalue weighted by Gasteiger charge is -2.26. The highest BCUT2D eigenvalue weighted by Gasteiger charge is 2.26. The zero-order valence-corrected chi connectivity index (χ0v) is 17.6. The van der Waals surface area contributed by atoms with Crippen LogP contribution in [-0.2, 0) is 16.4 Å². The summed E-state index contributed by atoms with van der Waals surface area (Å²) >= 11 is 0. The lowest BCUT2D eigenvalue weighted by atomic mass is 9.87. The lowest BCUT2D eigenvalue weighted by Crippen LogP contribution is -2.32. The third kappa shape index (κ3) is 3.98. The molecule has 0 radical (unpaired) electrons. The Morgan fingerprint density at radius 1 is 1.14 bits per heavy atom. The number of aryl methyl sites for hydroxylation is 2. The van der Waals surface area contributed by atoms with Gasteiger partial charge in [0.1, 0.15) is 0 Å². The van der Waals surface area contributed by atoms with E-state index in [4.69, 9.17) is 0 Å². The Labute approximate surface area is 167 Å². The van der Waals surface area contributed by atoms with E-state index in [-0.39, 0.29) is 16.8 Å². The van der Waals surface area contributed by atoms with Crippen molar-refractivity contribution in [2.75, 3.05) is 13.1 Å². The summed E-state index contributed by atoms with van der Waals surface area (Å²) in [5.74, 6) is -0.238. The van der Waals surface area contributed by atoms with E-state index in [0.29, 0.717) is 24.2 Å². The summed E-state index contributed by atoms with van der Waals surface area (Å²) in [6.07, 6.45) is 2.94. The number of hydrogen-bond donors (Lipinski definition) is 1. The fourth-order valence-electron chi connectivity index (χ4n) is 3.87. The molecule has 28 heavy (non-hydrogen) atoms. The van der Waals surface area contributed by atoms with Crippen LogP contribution in [0.1, 0.15) is 59.8 Å². The average molecular weight is 401 g/mol. The number of rotatable bonds is 6. The number of fused-ring (bicyclic) bond motifs is 1. The molecule has 0 saturated heterocycles. The molecule has 150 valence electrons. The normalized spacial score (nSPS) is 16.6. The number of carbonyl (C=O) groups is 1. The van der Waals surface area contributed by atoms with Crippen molar-refractivity contribution >= 4 is 15.9 Å². The van der Waals surface area contributed by atoms with E-state index in [9.17, 15) is 13.2 Å². The van der Waals surface area contributed by atoms with Gasteiger partial charge in [-0.2, -0.15) is 4.31 Å². The fraction of sp³-hybridized carbons (Fsp3) is 0.409. The van der Waals surface area contributed by atoms with Gasteiger partial charge in [0.25, 0.3) is 5.91 Å². The van der Waals surface area contributed by atoms with Crippen LogP contribution in [0.3, 0.4) is 0 Å². The van der Waals surface area contributed by atoms with Crippen molar-refractivity contribution in [1.82, 2.24) is 9.62 Å². The Morgan fingerprint density at radius 2 is 1.86 bits per heavy atom. The summed E-state index contributed by atoms with van der Waals surface area (Å²) in [6.45, 7) is 6.18. The molecule has 3 rings (SSSR count). The minimum absolute atomic E-state index is 0.0402. The van der Waals surface area contributed by atoms with Crippen LogP contribution in [0.5, 0.6) is 0 Å². The molecule has 0 aromatic heterocycles. The second kappa shape index (κ2) is 8.45. The second-order valence-electron chi connectivity index (χ2n) is 7.19. The van der Waals surface area contributed by atoms with Gasteiger partial charge in [0.15, 0.2) is 0 Å². The molecule has 6 heteroatoms. The molecule has 5 nitrogen and oxygen atoms in total. The minimum atomic E-state index is -3.62. The van der Waals surface area contributed by atoms with Crippen LogP contribution < -0.4 is 5.32 Å². The molecule has 1 atom stereocenters. The number of hydrogen-bond acceptors (Lipinski definition) is 3. The predicted molar refractivity (Wildman–Crippen MR) is 111 cm³/mol. The molecule has 0 saturated carbocycles. The van der Waals surface area contributed by atoms with Crippen molar-refractivity contribution in [3.63, 3.8) is 0 Å². The summed E-state index contributed by atoms with van der Waals surface area (Å²) < 4.78 is 27.3. The van der Waals surface area contributed by atoms with Crippen LogP contribution in [0.15, 0.2) is 47.4 Å². The molecule has 0 bridgehead atoms. The first-order chi connectivity index (χ1) is 13.4. The van der Waals surface area contributed by atoms with Crippen molar-refractivity contribution in [1.29, 1.82) is 0 Å². The van der Waals surface area contributed by atoms with Crippen LogP contribution in [0.4, 0.5) is 0 Å². The monoisotopic (exact) mass is 400 g/mol. The van der Waals surface area contributed by atoms with Crippen LogP contribution in [0, 0.1) is 6.92 Å². The van der Waals surface area contributed by atoms with Gasteiger partial charge in [0.2, 0.25) is 10.0 Å². The maximum Gasteiger partial charge on any atom is 0.251 e. The van der Waals surface area contributed by atoms with Gasteiger partial charge in [-0.05, 0) is 55.0 Å². The average Bonchev–Trinajstić information content (AvgIpc) is 2.69. The first-order valence-electron chi connectivity index (χ1n) is 9.88. The summed E-state index contributed by atoms with van der Waals surface area (Å²) in [4.78, 5) is 13.1. The van der Waals surface area contributed by atoms with Crippen molar-refractivity contribution in [3.8, 4) is 0 Å². The van der Waals surface area contributed by atoms with E-state index >= 15 is 0 Å². The number of sulfonamides is 1. The number of nitrogens with zero attached hydrogens (tertiary/aromatic N) is 1. The zero-order chi connectivity index (χ0) is 20.3. The largest absolute Gasteiger partial charge is 0.345 e. The Kier molecular flexibility index (Phi) is 6.20. The highest BCUT2D eigenvalue weighted by atomic mass is 32.2. The third-order valence-electron chi connectivity index (χ3n) is 5.45. The van der Waals surface area contributed by atoms with Gasteiger partial charge < -0.3 is 5.32 Å². The summed E-state index contributed by atoms with van der Waals surface area (Å²) in [5.41, 5.74) is 3.45. The molecular formula is C22H28N2O3S. The Morgan fingerprint density at radius 3 is 2.57 bits per heavy atom. The molecule has 0 heterocycles. The van der Waals surface area contributed by atoms with Gasteiger partial charge in [0.05, 0.1) is 10.9 Å². The molecule has 1 unspecified atom stereocenters. The molecule has 0 aliphatic heterocycles. The molecule has 2 aromatic carbocycles. The lowest BCUT2D eigenvalue weighted by molar-refractivity contribution is 0.0932. The summed E-state index contributed by atoms with van der Waals surface area (Å²) in [5, 5.41) is 3.10. The standard InChI is InChI=1S/C22H28N2O3S/c1-4-24(5-2)28(26,27)21-15-18(14-13-16(21)3)22(25)23-20-12-8-10-17-9-6-7-11-19(17)20/h6-7,9,11,13-15,20H,4-5,8,10,12H2,1-3H3,(H,23,25). The molecular weight excluding hydrogens is 372 g/mol. The van der Waals surface area contributed by atoms with Gasteiger partial charge in [-0.1, -0.05) is 44.2 Å². The Hall–Kier alpha value is -2.18. The Balaban J connectivity index is 1.88. The summed E-state index contributed by atoms with van der Waals surface area (Å²) in [6, 6.07) is 13.0. The van der Waals surface area contributed by atoms with Crippen LogP contribution in [0.2, 0.25) is 0 Å². The molecule has 0 spiro atoms. The number of carbonyl (C=O) groups excluding carboxylic acids is 1. The van der Waals surface area contributed by atoms with E-state index in [2.05, 4.69) is 17.4 Å². The van der Waals surface area contributed by atoms with Crippen molar-refractivity contribution in [2.45, 2.75) is 51.0 Å². The Bertz CT molecular complexity index is 965. The van der Waals surface area contributed by atoms with Gasteiger partial charge in [-0.3, -0.25) is 4.79 Å². The fourth-order valence-corrected chi connectivity index (χ4v) is 5.58. The molecule has 2 aromatic rings. The highest BCUT2D eigenvalue weighted by Crippen LogP contribution is 2.30. The summed E-state index contributed by atoms with van der Waals surface area (Å²) in [7, 11) is -3.62. The van der Waals surface area contributed by atoms with Gasteiger partial charge in [-0.15, -0.1) is 0 Å². The predicted octanol–water partition coefficient (Wildman–Crippen LogP) is 3.83. The van der Waals surface area contributed by atoms with Gasteiger partial charge >= 0.3 is 0 Å². The van der Waals surface area contributed by atoms with Crippen molar-refractivity contribution in [2.24, 2.45) is 0 Å². The zero-order valence-electron chi connectivity index (χ0n) is 16.7. The smallest absolute Gasteiger partial charge is 0.251 e. The molecule has 1 amide bonds. The SMILES string of the molecule is CCN(CC)S(=O)(=O)c1cc(C(=O)NC2CCCc3ccccc32)ccc1C. The van der Waals surface area contributed by atoms with Crippen LogP contribution in [-0.4, -0.2) is 31.7 Å². The van der Waals surface area contributed by atoms with E-state index in [1.807, 2.05) is 26.0 Å². The maximum absolute atomic E-state index is 12.9. The number of amides is 1. The second-order valence-corrected chi connectivity index (χ2v) is 9.09. The van der Waals surface area contributed by atoms with Crippen LogP contribution in [0.25, 0.3) is 0 Å². The first kappa shape index (κ1) is 20.6. The topological polar surface area (TPSA) is 66.5 Å². The third-order valence-corrected chi connectivity index (χ3v) is 7.64. The van der Waals surface area contributed by atoms with E-state index in [0.717, 1.165) is 24.8 Å². The van der Waals surface area contributed by atoms with Crippen molar-refractivity contribution in [3.05, 3.63) is 64.7 Å². The highest BCUT2D eigenvalue weighted by molar-refractivity contribution is 7.89. The number of benzene rings is 2. The first-order valence-corrected chi connectivity index (χ1v) is 11.3. The molecule has 1 aliphatic carbocycles. The van der Waals surface area contributed by atoms with Crippen LogP contribution >= 0.6 is 0 Å². The van der Waals surface area contributed by atoms with Gasteiger partial charge in [0, 0.05) is 18.7 Å². The minimum Gasteiger partial charge on any atom is -0.345 e. The molecule has 0 fully saturated rings. The van der Waals surface area contributed by atoms with E-state index < -0.39 is 10.0 Å². The van der Waals surface area contributed by atoms with Gasteiger partial charge in [-0.25, -0.2) is 8.42 Å². The maximum atomic E-state index is 12.9. The van der Waals surface area contributed by atoms with Crippen molar-refractivity contribution < 1.29 is 13.2 Å². The quantitative estimate of drug-likeness (QED) is 0.801. The number of nitrogens with one attached hydrogen (secondary N) is 1. The molecule has 1 aliphatic rings. The molecule has 1 N–H and O–H groups in total. The van der Waals surface area contributed by atoms with E-state index in [1.165, 1.54) is 15.9 Å².